The topological polar surface area (TPSA) is 86.1 Å². The van der Waals surface area contributed by atoms with Gasteiger partial charge < -0.3 is 23.9 Å². The lowest BCUT2D eigenvalue weighted by atomic mass is 10.2. The van der Waals surface area contributed by atoms with Gasteiger partial charge in [0, 0.05) is 31.0 Å². The number of morpholine rings is 1. The van der Waals surface area contributed by atoms with Gasteiger partial charge in [-0.15, -0.1) is 11.8 Å². The number of amides is 1. The van der Waals surface area contributed by atoms with Gasteiger partial charge in [-0.3, -0.25) is 9.69 Å². The molecule has 1 aliphatic heterocycles. The molecule has 2 heterocycles. The summed E-state index contributed by atoms with van der Waals surface area (Å²) in [6.45, 7) is 7.14. The van der Waals surface area contributed by atoms with Gasteiger partial charge in [0.2, 0.25) is 11.8 Å². The zero-order valence-electron chi connectivity index (χ0n) is 18.4. The van der Waals surface area contributed by atoms with Crippen molar-refractivity contribution in [3.8, 4) is 23.0 Å². The van der Waals surface area contributed by atoms with Gasteiger partial charge in [0.05, 0.1) is 38.9 Å². The summed E-state index contributed by atoms with van der Waals surface area (Å²) in [6, 6.07) is 5.55. The van der Waals surface area contributed by atoms with Crippen LogP contribution in [0, 0.1) is 6.92 Å². The molecule has 3 rings (SSSR count). The normalized spacial score (nSPS) is 14.4. The molecule has 0 unspecified atom stereocenters. The highest BCUT2D eigenvalue weighted by Crippen LogP contribution is 2.33. The van der Waals surface area contributed by atoms with E-state index in [2.05, 4.69) is 15.2 Å². The van der Waals surface area contributed by atoms with Crippen molar-refractivity contribution in [1.29, 1.82) is 0 Å². The fourth-order valence-corrected chi connectivity index (χ4v) is 4.15. The molecule has 1 amide bonds. The summed E-state index contributed by atoms with van der Waals surface area (Å²) in [7, 11) is 3.20. The number of carbonyl (C=O) groups excluding carboxylic acids is 1. The molecule has 1 saturated heterocycles. The van der Waals surface area contributed by atoms with Crippen LogP contribution in [0.15, 0.2) is 22.6 Å². The molecule has 1 aromatic heterocycles. The lowest BCUT2D eigenvalue weighted by molar-refractivity contribution is -0.118. The minimum atomic E-state index is 0.0493. The van der Waals surface area contributed by atoms with Crippen molar-refractivity contribution in [2.24, 2.45) is 0 Å². The predicted molar refractivity (Wildman–Crippen MR) is 121 cm³/mol. The number of thioether (sulfide) groups is 1. The number of aromatic nitrogens is 1. The van der Waals surface area contributed by atoms with Crippen molar-refractivity contribution >= 4 is 17.7 Å². The first-order valence-electron chi connectivity index (χ1n) is 10.4. The molecule has 0 saturated carbocycles. The van der Waals surface area contributed by atoms with Crippen LogP contribution in [0.4, 0.5) is 0 Å². The number of rotatable bonds is 11. The van der Waals surface area contributed by atoms with E-state index in [1.807, 2.05) is 25.1 Å². The minimum absolute atomic E-state index is 0.0493. The number of carbonyl (C=O) groups is 1. The highest BCUT2D eigenvalue weighted by atomic mass is 32.2. The Kier molecular flexibility index (Phi) is 9.05. The number of hydrogen-bond donors (Lipinski definition) is 1. The summed E-state index contributed by atoms with van der Waals surface area (Å²) >= 11 is 1.53. The monoisotopic (exact) mass is 449 g/mol. The first-order valence-corrected chi connectivity index (χ1v) is 11.6. The number of nitrogens with zero attached hydrogens (tertiary/aromatic N) is 2. The minimum Gasteiger partial charge on any atom is -0.493 e. The quantitative estimate of drug-likeness (QED) is 0.524. The second-order valence-corrected chi connectivity index (χ2v) is 8.23. The van der Waals surface area contributed by atoms with Gasteiger partial charge in [-0.2, -0.15) is 0 Å². The van der Waals surface area contributed by atoms with Gasteiger partial charge in [0.1, 0.15) is 5.76 Å². The van der Waals surface area contributed by atoms with Crippen LogP contribution < -0.4 is 14.8 Å². The van der Waals surface area contributed by atoms with Crippen molar-refractivity contribution < 1.29 is 23.4 Å². The number of ether oxygens (including phenoxy) is 3. The Bertz CT molecular complexity index is 852. The van der Waals surface area contributed by atoms with Crippen LogP contribution in [0.5, 0.6) is 11.5 Å². The zero-order chi connectivity index (χ0) is 22.1. The Morgan fingerprint density at radius 1 is 1.23 bits per heavy atom. The van der Waals surface area contributed by atoms with Crippen LogP contribution in [0.2, 0.25) is 0 Å². The molecule has 2 aromatic rings. The van der Waals surface area contributed by atoms with Crippen LogP contribution in [0.3, 0.4) is 0 Å². The fourth-order valence-electron chi connectivity index (χ4n) is 3.30. The van der Waals surface area contributed by atoms with E-state index in [0.717, 1.165) is 56.3 Å². The summed E-state index contributed by atoms with van der Waals surface area (Å²) in [6.07, 6.45) is 0.952. The van der Waals surface area contributed by atoms with E-state index in [1.54, 1.807) is 14.2 Å². The third-order valence-electron chi connectivity index (χ3n) is 5.07. The van der Waals surface area contributed by atoms with Gasteiger partial charge >= 0.3 is 0 Å². The smallest absolute Gasteiger partial charge is 0.230 e. The maximum absolute atomic E-state index is 12.1. The fraction of sp³-hybridized carbons (Fsp3) is 0.545. The maximum atomic E-state index is 12.1. The Morgan fingerprint density at radius 3 is 2.74 bits per heavy atom. The van der Waals surface area contributed by atoms with Crippen LogP contribution >= 0.6 is 11.8 Å². The molecule has 0 radical (unpaired) electrons. The van der Waals surface area contributed by atoms with Crippen molar-refractivity contribution in [3.63, 3.8) is 0 Å². The number of hydrogen-bond acceptors (Lipinski definition) is 8. The largest absolute Gasteiger partial charge is 0.493 e. The summed E-state index contributed by atoms with van der Waals surface area (Å²) < 4.78 is 21.8. The highest BCUT2D eigenvalue weighted by molar-refractivity contribution is 7.99. The maximum Gasteiger partial charge on any atom is 0.230 e. The number of aryl methyl sites for hydroxylation is 1. The molecular weight excluding hydrogens is 418 g/mol. The van der Waals surface area contributed by atoms with E-state index >= 15 is 0 Å². The second-order valence-electron chi connectivity index (χ2n) is 7.24. The Labute approximate surface area is 187 Å². The molecule has 0 bridgehead atoms. The lowest BCUT2D eigenvalue weighted by Gasteiger charge is -2.26. The molecule has 9 heteroatoms. The molecule has 1 aliphatic rings. The molecule has 1 N–H and O–H groups in total. The van der Waals surface area contributed by atoms with E-state index in [1.165, 1.54) is 11.8 Å². The third kappa shape index (κ3) is 6.88. The van der Waals surface area contributed by atoms with E-state index in [4.69, 9.17) is 18.6 Å². The summed E-state index contributed by atoms with van der Waals surface area (Å²) in [5, 5.41) is 2.99. The first-order chi connectivity index (χ1) is 15.1. The third-order valence-corrected chi connectivity index (χ3v) is 6.02. The standard InChI is InChI=1S/C22H31N3O5S/c1-16-18(24-22(30-16)17-5-6-19(27-2)20(13-17)28-3)14-31-15-21(26)23-7-4-8-25-9-11-29-12-10-25/h5-6,13H,4,7-12,14-15H2,1-3H3,(H,23,26). The van der Waals surface area contributed by atoms with Crippen LogP contribution in [0.1, 0.15) is 17.9 Å². The Balaban J connectivity index is 1.41. The van der Waals surface area contributed by atoms with Gasteiger partial charge in [-0.05, 0) is 38.1 Å². The molecule has 0 atom stereocenters. The van der Waals surface area contributed by atoms with Crippen molar-refractivity contribution in [3.05, 3.63) is 29.7 Å². The van der Waals surface area contributed by atoms with Crippen molar-refractivity contribution in [2.45, 2.75) is 19.1 Å². The number of nitrogens with one attached hydrogen (secondary N) is 1. The van der Waals surface area contributed by atoms with Crippen molar-refractivity contribution in [2.75, 3.05) is 59.4 Å². The number of benzene rings is 1. The molecule has 1 aromatic carbocycles. The number of methoxy groups -OCH3 is 2. The highest BCUT2D eigenvalue weighted by Gasteiger charge is 2.15. The molecule has 0 aliphatic carbocycles. The van der Waals surface area contributed by atoms with Crippen molar-refractivity contribution in [1.82, 2.24) is 15.2 Å². The average molecular weight is 450 g/mol. The summed E-state index contributed by atoms with van der Waals surface area (Å²) in [5.74, 6) is 3.62. The van der Waals surface area contributed by atoms with Gasteiger partial charge in [0.25, 0.3) is 0 Å². The zero-order valence-corrected chi connectivity index (χ0v) is 19.3. The Hall–Kier alpha value is -2.23. The molecule has 1 fully saturated rings. The van der Waals surface area contributed by atoms with Crippen LogP contribution in [-0.4, -0.2) is 75.2 Å². The van der Waals surface area contributed by atoms with Crippen LogP contribution in [0.25, 0.3) is 11.5 Å². The summed E-state index contributed by atoms with van der Waals surface area (Å²) in [4.78, 5) is 19.1. The first kappa shape index (κ1) is 23.4. The van der Waals surface area contributed by atoms with Gasteiger partial charge in [-0.1, -0.05) is 0 Å². The SMILES string of the molecule is COc1ccc(-c2nc(CSCC(=O)NCCCN3CCOCC3)c(C)o2)cc1OC. The second kappa shape index (κ2) is 12.0. The lowest BCUT2D eigenvalue weighted by Crippen LogP contribution is -2.38. The van der Waals surface area contributed by atoms with E-state index in [9.17, 15) is 4.79 Å². The Morgan fingerprint density at radius 2 is 2.00 bits per heavy atom. The predicted octanol–water partition coefficient (Wildman–Crippen LogP) is 2.74. The molecule has 0 spiro atoms. The van der Waals surface area contributed by atoms with E-state index in [-0.39, 0.29) is 5.91 Å². The molecular formula is C22H31N3O5S. The van der Waals surface area contributed by atoms with E-state index < -0.39 is 0 Å². The van der Waals surface area contributed by atoms with E-state index in [0.29, 0.717) is 35.4 Å². The molecule has 31 heavy (non-hydrogen) atoms. The van der Waals surface area contributed by atoms with Gasteiger partial charge in [0.15, 0.2) is 11.5 Å². The molecule has 170 valence electrons. The average Bonchev–Trinajstić information content (AvgIpc) is 3.17. The van der Waals surface area contributed by atoms with Crippen LogP contribution in [-0.2, 0) is 15.3 Å². The molecule has 8 nitrogen and oxygen atoms in total. The summed E-state index contributed by atoms with van der Waals surface area (Å²) in [5.41, 5.74) is 1.66. The van der Waals surface area contributed by atoms with Gasteiger partial charge in [-0.25, -0.2) is 4.98 Å². The number of oxazole rings is 1.